The predicted molar refractivity (Wildman–Crippen MR) is 85.6 cm³/mol. The Balaban J connectivity index is 2.35. The molecule has 21 heavy (non-hydrogen) atoms. The lowest BCUT2D eigenvalue weighted by atomic mass is 10.0. The molecule has 112 valence electrons. The molecule has 1 aliphatic heterocycles. The number of carbonyl (C=O) groups excluding carboxylic acids is 1. The number of carbonyl (C=O) groups is 1. The second kappa shape index (κ2) is 6.22. The lowest BCUT2D eigenvalue weighted by Gasteiger charge is -2.24. The molecule has 0 saturated carbocycles. The molecule has 0 bridgehead atoms. The highest BCUT2D eigenvalue weighted by atomic mass is 16.2. The van der Waals surface area contributed by atoms with E-state index in [-0.39, 0.29) is 17.9 Å². The summed E-state index contributed by atoms with van der Waals surface area (Å²) in [7, 11) is 0. The minimum atomic E-state index is -0.241. The van der Waals surface area contributed by atoms with Crippen molar-refractivity contribution in [2.24, 2.45) is 16.6 Å². The molecular weight excluding hydrogens is 262 g/mol. The first-order valence-electron chi connectivity index (χ1n) is 7.29. The number of amides is 1. The summed E-state index contributed by atoms with van der Waals surface area (Å²) in [5.74, 6) is 0.853. The van der Waals surface area contributed by atoms with Crippen LogP contribution >= 0.6 is 0 Å². The monoisotopic (exact) mass is 285 g/mol. The fraction of sp³-hybridized carbons (Fsp3) is 0.412. The Kier molecular flexibility index (Phi) is 4.58. The van der Waals surface area contributed by atoms with Gasteiger partial charge < -0.3 is 5.73 Å². The molecule has 1 atom stereocenters. The Morgan fingerprint density at radius 2 is 1.86 bits per heavy atom. The summed E-state index contributed by atoms with van der Waals surface area (Å²) >= 11 is 0. The number of benzene rings is 1. The van der Waals surface area contributed by atoms with Crippen molar-refractivity contribution in [3.8, 4) is 0 Å². The summed E-state index contributed by atoms with van der Waals surface area (Å²) in [6.07, 6.45) is 0. The number of aliphatic imine (C=N–C) groups is 1. The molecule has 0 spiro atoms. The minimum Gasteiger partial charge on any atom is -0.321 e. The highest BCUT2D eigenvalue weighted by Crippen LogP contribution is 2.23. The summed E-state index contributed by atoms with van der Waals surface area (Å²) in [4.78, 5) is 18.8. The fourth-order valence-corrected chi connectivity index (χ4v) is 2.25. The van der Waals surface area contributed by atoms with Crippen molar-refractivity contribution < 1.29 is 4.79 Å². The molecule has 2 N–H and O–H groups in total. The van der Waals surface area contributed by atoms with Crippen molar-refractivity contribution in [1.82, 2.24) is 4.90 Å². The van der Waals surface area contributed by atoms with E-state index in [0.717, 1.165) is 11.1 Å². The first kappa shape index (κ1) is 15.4. The standard InChI is InChI=1S/C17H23N3O/c1-11(2)14(18)16-19-15(12(3)4)17(21)20(16)10-13-8-6-5-7-9-13/h5-9,11,14H,10,18H2,1-4H3. The quantitative estimate of drug-likeness (QED) is 0.865. The van der Waals surface area contributed by atoms with Gasteiger partial charge in [-0.1, -0.05) is 44.2 Å². The van der Waals surface area contributed by atoms with E-state index in [1.54, 1.807) is 4.90 Å². The largest absolute Gasteiger partial charge is 0.321 e. The number of nitrogens with two attached hydrogens (primary N) is 1. The van der Waals surface area contributed by atoms with Gasteiger partial charge in [-0.3, -0.25) is 9.69 Å². The molecule has 1 aromatic rings. The second-order valence-electron chi connectivity index (χ2n) is 5.97. The predicted octanol–water partition coefficient (Wildman–Crippen LogP) is 2.70. The molecule has 0 fully saturated rings. The van der Waals surface area contributed by atoms with E-state index in [1.807, 2.05) is 58.0 Å². The molecule has 1 aliphatic rings. The summed E-state index contributed by atoms with van der Waals surface area (Å²) < 4.78 is 0. The Hall–Kier alpha value is -1.94. The van der Waals surface area contributed by atoms with Gasteiger partial charge in [0, 0.05) is 0 Å². The molecule has 0 aliphatic carbocycles. The molecule has 0 aromatic heterocycles. The molecule has 2 rings (SSSR count). The number of hydrogen-bond donors (Lipinski definition) is 1. The summed E-state index contributed by atoms with van der Waals surface area (Å²) in [6.45, 7) is 8.40. The van der Waals surface area contributed by atoms with Crippen LogP contribution in [0.25, 0.3) is 0 Å². The van der Waals surface area contributed by atoms with Crippen LogP contribution in [-0.4, -0.2) is 22.7 Å². The van der Waals surface area contributed by atoms with Crippen LogP contribution in [0.1, 0.15) is 33.3 Å². The molecule has 0 radical (unpaired) electrons. The Morgan fingerprint density at radius 3 is 2.38 bits per heavy atom. The van der Waals surface area contributed by atoms with Gasteiger partial charge in [0.1, 0.15) is 11.5 Å². The zero-order chi connectivity index (χ0) is 15.6. The van der Waals surface area contributed by atoms with E-state index >= 15 is 0 Å². The van der Waals surface area contributed by atoms with Crippen molar-refractivity contribution in [2.45, 2.75) is 40.3 Å². The lowest BCUT2D eigenvalue weighted by molar-refractivity contribution is -0.123. The number of allylic oxidation sites excluding steroid dienone is 1. The van der Waals surface area contributed by atoms with E-state index in [1.165, 1.54) is 0 Å². The number of rotatable bonds is 4. The average molecular weight is 285 g/mol. The van der Waals surface area contributed by atoms with Gasteiger partial charge >= 0.3 is 0 Å². The Morgan fingerprint density at radius 1 is 1.24 bits per heavy atom. The average Bonchev–Trinajstić information content (AvgIpc) is 2.77. The van der Waals surface area contributed by atoms with Gasteiger partial charge in [-0.2, -0.15) is 0 Å². The van der Waals surface area contributed by atoms with Crippen molar-refractivity contribution >= 4 is 11.7 Å². The van der Waals surface area contributed by atoms with Gasteiger partial charge in [0.2, 0.25) is 0 Å². The normalized spacial score (nSPS) is 16.5. The highest BCUT2D eigenvalue weighted by Gasteiger charge is 2.34. The van der Waals surface area contributed by atoms with Crippen LogP contribution in [0.15, 0.2) is 46.6 Å². The minimum absolute atomic E-state index is 0.0510. The van der Waals surface area contributed by atoms with E-state index in [9.17, 15) is 4.79 Å². The maximum atomic E-state index is 12.6. The van der Waals surface area contributed by atoms with Crippen LogP contribution in [0.2, 0.25) is 0 Å². The van der Waals surface area contributed by atoms with Crippen LogP contribution in [-0.2, 0) is 11.3 Å². The molecule has 1 heterocycles. The zero-order valence-electron chi connectivity index (χ0n) is 13.1. The second-order valence-corrected chi connectivity index (χ2v) is 5.97. The van der Waals surface area contributed by atoms with Gasteiger partial charge in [-0.15, -0.1) is 0 Å². The lowest BCUT2D eigenvalue weighted by Crippen LogP contribution is -2.45. The Bertz CT molecular complexity index is 583. The van der Waals surface area contributed by atoms with Gasteiger partial charge in [0.15, 0.2) is 0 Å². The number of amidine groups is 1. The smallest absolute Gasteiger partial charge is 0.278 e. The third-order valence-corrected chi connectivity index (χ3v) is 3.62. The number of hydrogen-bond acceptors (Lipinski definition) is 3. The summed E-state index contributed by atoms with van der Waals surface area (Å²) in [5, 5.41) is 0. The van der Waals surface area contributed by atoms with Gasteiger partial charge in [0.05, 0.1) is 12.6 Å². The molecule has 4 heteroatoms. The molecule has 1 unspecified atom stereocenters. The van der Waals surface area contributed by atoms with Crippen molar-refractivity contribution in [3.05, 3.63) is 47.2 Å². The molecule has 4 nitrogen and oxygen atoms in total. The van der Waals surface area contributed by atoms with E-state index in [0.29, 0.717) is 18.1 Å². The maximum Gasteiger partial charge on any atom is 0.278 e. The molecule has 1 amide bonds. The third kappa shape index (κ3) is 3.22. The fourth-order valence-electron chi connectivity index (χ4n) is 2.25. The van der Waals surface area contributed by atoms with Crippen LogP contribution in [0.5, 0.6) is 0 Å². The molecular formula is C17H23N3O. The van der Waals surface area contributed by atoms with Crippen molar-refractivity contribution in [3.63, 3.8) is 0 Å². The van der Waals surface area contributed by atoms with Crippen molar-refractivity contribution in [2.75, 3.05) is 0 Å². The molecule has 0 saturated heterocycles. The first-order chi connectivity index (χ1) is 9.91. The number of nitrogens with zero attached hydrogens (tertiary/aromatic N) is 2. The maximum absolute atomic E-state index is 12.6. The van der Waals surface area contributed by atoms with Crippen LogP contribution < -0.4 is 5.73 Å². The van der Waals surface area contributed by atoms with Crippen molar-refractivity contribution in [1.29, 1.82) is 0 Å². The van der Waals surface area contributed by atoms with Gasteiger partial charge in [-0.05, 0) is 30.9 Å². The van der Waals surface area contributed by atoms with Gasteiger partial charge in [0.25, 0.3) is 5.91 Å². The third-order valence-electron chi connectivity index (χ3n) is 3.62. The van der Waals surface area contributed by atoms with E-state index in [4.69, 9.17) is 5.73 Å². The summed E-state index contributed by atoms with van der Waals surface area (Å²) in [5.41, 5.74) is 8.76. The molecule has 1 aromatic carbocycles. The van der Waals surface area contributed by atoms with E-state index in [2.05, 4.69) is 4.99 Å². The Labute approximate surface area is 126 Å². The van der Waals surface area contributed by atoms with E-state index < -0.39 is 0 Å². The topological polar surface area (TPSA) is 58.7 Å². The zero-order valence-corrected chi connectivity index (χ0v) is 13.1. The SMILES string of the molecule is CC(C)=C1N=C(C(N)C(C)C)N(Cc2ccccc2)C1=O. The van der Waals surface area contributed by atoms with Crippen LogP contribution in [0, 0.1) is 5.92 Å². The van der Waals surface area contributed by atoms with Gasteiger partial charge in [-0.25, -0.2) is 4.99 Å². The van der Waals surface area contributed by atoms with Crippen LogP contribution in [0.3, 0.4) is 0 Å². The summed E-state index contributed by atoms with van der Waals surface area (Å²) in [6, 6.07) is 9.67. The first-order valence-corrected chi connectivity index (χ1v) is 7.29. The van der Waals surface area contributed by atoms with Crippen LogP contribution in [0.4, 0.5) is 0 Å². The highest BCUT2D eigenvalue weighted by molar-refractivity contribution is 6.14.